The van der Waals surface area contributed by atoms with Gasteiger partial charge in [-0.15, -0.1) is 11.3 Å². The van der Waals surface area contributed by atoms with Crippen LogP contribution in [0.2, 0.25) is 0 Å². The van der Waals surface area contributed by atoms with Crippen molar-refractivity contribution in [2.75, 3.05) is 13.1 Å². The van der Waals surface area contributed by atoms with Gasteiger partial charge in [0.25, 0.3) is 0 Å². The van der Waals surface area contributed by atoms with Crippen LogP contribution in [0.15, 0.2) is 5.38 Å². The Morgan fingerprint density at radius 2 is 2.20 bits per heavy atom. The fourth-order valence-electron chi connectivity index (χ4n) is 1.99. The van der Waals surface area contributed by atoms with E-state index in [4.69, 9.17) is 5.73 Å². The van der Waals surface area contributed by atoms with Gasteiger partial charge in [0.05, 0.1) is 17.8 Å². The summed E-state index contributed by atoms with van der Waals surface area (Å²) in [7, 11) is 0. The van der Waals surface area contributed by atoms with Gasteiger partial charge >= 0.3 is 0 Å². The first kappa shape index (κ1) is 14.7. The summed E-state index contributed by atoms with van der Waals surface area (Å²) >= 11 is 1.54. The fraction of sp³-hybridized carbons (Fsp3) is 0.462. The summed E-state index contributed by atoms with van der Waals surface area (Å²) in [5, 5.41) is 10.1. The van der Waals surface area contributed by atoms with Gasteiger partial charge in [0, 0.05) is 29.7 Å². The minimum absolute atomic E-state index is 0.0310. The van der Waals surface area contributed by atoms with Crippen molar-refractivity contribution < 1.29 is 4.79 Å². The van der Waals surface area contributed by atoms with Crippen LogP contribution in [-0.4, -0.2) is 33.8 Å². The Morgan fingerprint density at radius 1 is 1.45 bits per heavy atom. The lowest BCUT2D eigenvalue weighted by Gasteiger charge is -2.04. The Hall–Kier alpha value is -1.73. The molecule has 2 rings (SSSR count). The summed E-state index contributed by atoms with van der Waals surface area (Å²) in [4.78, 5) is 16.2. The van der Waals surface area contributed by atoms with Crippen LogP contribution in [0.4, 0.5) is 0 Å². The molecule has 1 amide bonds. The van der Waals surface area contributed by atoms with E-state index in [0.717, 1.165) is 27.8 Å². The van der Waals surface area contributed by atoms with E-state index in [0.29, 0.717) is 19.5 Å². The molecule has 2 aromatic heterocycles. The summed E-state index contributed by atoms with van der Waals surface area (Å²) in [6, 6.07) is 0. The van der Waals surface area contributed by atoms with Crippen LogP contribution in [0, 0.1) is 20.8 Å². The highest BCUT2D eigenvalue weighted by atomic mass is 32.1. The second kappa shape index (κ2) is 6.15. The number of carbonyl (C=O) groups excluding carboxylic acids is 1. The number of thiazole rings is 1. The molecule has 0 spiro atoms. The Labute approximate surface area is 122 Å². The molecule has 0 bridgehead atoms. The lowest BCUT2D eigenvalue weighted by Crippen LogP contribution is -2.30. The topological polar surface area (TPSA) is 85.8 Å². The molecule has 2 aromatic rings. The highest BCUT2D eigenvalue weighted by molar-refractivity contribution is 7.12. The molecule has 0 saturated carbocycles. The minimum Gasteiger partial charge on any atom is -0.355 e. The van der Waals surface area contributed by atoms with Crippen molar-refractivity contribution >= 4 is 17.2 Å². The highest BCUT2D eigenvalue weighted by Crippen LogP contribution is 2.20. The van der Waals surface area contributed by atoms with Crippen LogP contribution in [0.1, 0.15) is 22.6 Å². The second-order valence-electron chi connectivity index (χ2n) is 4.65. The first-order valence-corrected chi connectivity index (χ1v) is 7.35. The van der Waals surface area contributed by atoms with Gasteiger partial charge in [0.1, 0.15) is 0 Å². The normalized spacial score (nSPS) is 10.8. The first-order chi connectivity index (χ1) is 9.52. The molecular formula is C13H19N5OS. The van der Waals surface area contributed by atoms with Gasteiger partial charge in [0.15, 0.2) is 0 Å². The van der Waals surface area contributed by atoms with Gasteiger partial charge in [-0.05, 0) is 20.8 Å². The standard InChI is InChI=1S/C13H19N5OS/c1-8-7-20-13(16-8)18-10(3)11(9(2)17-18)6-12(19)15-5-4-14/h7H,4-6,14H2,1-3H3,(H,15,19). The molecule has 0 aliphatic rings. The fourth-order valence-corrected chi connectivity index (χ4v) is 2.79. The smallest absolute Gasteiger partial charge is 0.224 e. The summed E-state index contributed by atoms with van der Waals surface area (Å²) < 4.78 is 1.80. The second-order valence-corrected chi connectivity index (χ2v) is 5.48. The molecule has 0 aliphatic heterocycles. The van der Waals surface area contributed by atoms with E-state index in [9.17, 15) is 4.79 Å². The van der Waals surface area contributed by atoms with Crippen LogP contribution in [0.3, 0.4) is 0 Å². The van der Waals surface area contributed by atoms with Gasteiger partial charge in [-0.1, -0.05) is 0 Å². The van der Waals surface area contributed by atoms with Crippen molar-refractivity contribution in [1.29, 1.82) is 0 Å². The molecule has 7 heteroatoms. The zero-order chi connectivity index (χ0) is 14.7. The lowest BCUT2D eigenvalue weighted by molar-refractivity contribution is -0.120. The van der Waals surface area contributed by atoms with E-state index >= 15 is 0 Å². The van der Waals surface area contributed by atoms with Crippen molar-refractivity contribution in [2.45, 2.75) is 27.2 Å². The number of hydrogen-bond donors (Lipinski definition) is 2. The maximum absolute atomic E-state index is 11.8. The van der Waals surface area contributed by atoms with Crippen LogP contribution in [0.5, 0.6) is 0 Å². The van der Waals surface area contributed by atoms with Gasteiger partial charge in [-0.3, -0.25) is 4.79 Å². The third kappa shape index (κ3) is 3.05. The van der Waals surface area contributed by atoms with Gasteiger partial charge in [-0.2, -0.15) is 5.10 Å². The van der Waals surface area contributed by atoms with Gasteiger partial charge in [-0.25, -0.2) is 9.67 Å². The summed E-state index contributed by atoms with van der Waals surface area (Å²) in [5.41, 5.74) is 9.12. The zero-order valence-corrected chi connectivity index (χ0v) is 12.8. The average Bonchev–Trinajstić information content (AvgIpc) is 2.95. The molecule has 20 heavy (non-hydrogen) atoms. The number of nitrogens with zero attached hydrogens (tertiary/aromatic N) is 3. The summed E-state index contributed by atoms with van der Waals surface area (Å²) in [5.74, 6) is -0.0310. The van der Waals surface area contributed by atoms with Crippen LogP contribution >= 0.6 is 11.3 Å². The SMILES string of the molecule is Cc1csc(-n2nc(C)c(CC(=O)NCCN)c2C)n1. The molecule has 0 aliphatic carbocycles. The van der Waals surface area contributed by atoms with Gasteiger partial charge in [0.2, 0.25) is 11.0 Å². The Balaban J connectivity index is 2.23. The third-order valence-corrected chi connectivity index (χ3v) is 3.97. The van der Waals surface area contributed by atoms with Crippen molar-refractivity contribution in [2.24, 2.45) is 5.73 Å². The maximum Gasteiger partial charge on any atom is 0.224 e. The molecule has 108 valence electrons. The van der Waals surface area contributed by atoms with E-state index in [1.807, 2.05) is 26.2 Å². The number of hydrogen-bond acceptors (Lipinski definition) is 5. The number of nitrogens with two attached hydrogens (primary N) is 1. The number of nitrogens with one attached hydrogen (secondary N) is 1. The number of aryl methyl sites for hydroxylation is 2. The van der Waals surface area contributed by atoms with Crippen molar-refractivity contribution in [3.05, 3.63) is 28.0 Å². The lowest BCUT2D eigenvalue weighted by atomic mass is 10.1. The predicted octanol–water partition coefficient (Wildman–Crippen LogP) is 0.871. The molecule has 2 heterocycles. The number of aromatic nitrogens is 3. The summed E-state index contributed by atoms with van der Waals surface area (Å²) in [6.07, 6.45) is 0.321. The molecule has 0 saturated heterocycles. The third-order valence-electron chi connectivity index (χ3n) is 3.03. The molecule has 0 atom stereocenters. The monoisotopic (exact) mass is 293 g/mol. The Kier molecular flexibility index (Phi) is 4.51. The summed E-state index contributed by atoms with van der Waals surface area (Å²) in [6.45, 7) is 6.77. The van der Waals surface area contributed by atoms with Crippen molar-refractivity contribution in [1.82, 2.24) is 20.1 Å². The first-order valence-electron chi connectivity index (χ1n) is 6.47. The average molecular weight is 293 g/mol. The van der Waals surface area contributed by atoms with Crippen molar-refractivity contribution in [3.63, 3.8) is 0 Å². The van der Waals surface area contributed by atoms with Crippen molar-refractivity contribution in [3.8, 4) is 5.13 Å². The quantitative estimate of drug-likeness (QED) is 0.856. The Bertz CT molecular complexity index is 616. The largest absolute Gasteiger partial charge is 0.355 e. The molecular weight excluding hydrogens is 274 g/mol. The zero-order valence-electron chi connectivity index (χ0n) is 11.9. The van der Waals surface area contributed by atoms with E-state index < -0.39 is 0 Å². The molecule has 0 aromatic carbocycles. The van der Waals surface area contributed by atoms with Crippen LogP contribution in [-0.2, 0) is 11.2 Å². The van der Waals surface area contributed by atoms with E-state index in [-0.39, 0.29) is 5.91 Å². The molecule has 0 radical (unpaired) electrons. The number of rotatable bonds is 5. The van der Waals surface area contributed by atoms with E-state index in [1.54, 1.807) is 16.0 Å². The van der Waals surface area contributed by atoms with E-state index in [2.05, 4.69) is 15.4 Å². The molecule has 0 unspecified atom stereocenters. The number of carbonyl (C=O) groups is 1. The maximum atomic E-state index is 11.8. The molecule has 6 nitrogen and oxygen atoms in total. The van der Waals surface area contributed by atoms with Crippen LogP contribution in [0.25, 0.3) is 5.13 Å². The number of amides is 1. The predicted molar refractivity (Wildman–Crippen MR) is 79.2 cm³/mol. The highest BCUT2D eigenvalue weighted by Gasteiger charge is 2.17. The molecule has 3 N–H and O–H groups in total. The van der Waals surface area contributed by atoms with Gasteiger partial charge < -0.3 is 11.1 Å². The molecule has 0 fully saturated rings. The van der Waals surface area contributed by atoms with Crippen LogP contribution < -0.4 is 11.1 Å². The Morgan fingerprint density at radius 3 is 2.80 bits per heavy atom. The minimum atomic E-state index is -0.0310. The van der Waals surface area contributed by atoms with E-state index in [1.165, 1.54) is 0 Å².